The first-order chi connectivity index (χ1) is 16.6. The second kappa shape index (κ2) is 9.43. The molecule has 1 N–H and O–H groups in total. The quantitative estimate of drug-likeness (QED) is 0.141. The normalized spacial score (nSPS) is 11.2. The summed E-state index contributed by atoms with van der Waals surface area (Å²) in [6, 6.07) is 25.3. The molecule has 0 saturated carbocycles. The number of nitrogens with zero attached hydrogens (tertiary/aromatic N) is 2. The predicted molar refractivity (Wildman–Crippen MR) is 135 cm³/mol. The summed E-state index contributed by atoms with van der Waals surface area (Å²) in [4.78, 5) is 29.6. The summed E-state index contributed by atoms with van der Waals surface area (Å²) in [7, 11) is 0. The van der Waals surface area contributed by atoms with Gasteiger partial charge in [0.05, 0.1) is 16.8 Å². The van der Waals surface area contributed by atoms with Crippen molar-refractivity contribution in [3.63, 3.8) is 0 Å². The number of hydrogen-bond donors (Lipinski definition) is 1. The highest BCUT2D eigenvalue weighted by Gasteiger charge is 2.18. The number of hydrazone groups is 1. The second-order valence-electron chi connectivity index (χ2n) is 7.29. The molecule has 6 nitrogen and oxygen atoms in total. The van der Waals surface area contributed by atoms with Gasteiger partial charge in [0.25, 0.3) is 5.91 Å². The Labute approximate surface area is 203 Å². The number of ether oxygens (including phenoxy) is 1. The molecule has 0 bridgehead atoms. The van der Waals surface area contributed by atoms with Crippen molar-refractivity contribution in [2.45, 2.75) is 0 Å². The highest BCUT2D eigenvalue weighted by molar-refractivity contribution is 7.21. The van der Waals surface area contributed by atoms with Gasteiger partial charge in [-0.05, 0) is 48.0 Å². The van der Waals surface area contributed by atoms with Crippen molar-refractivity contribution in [2.75, 3.05) is 0 Å². The molecule has 0 saturated heterocycles. The molecule has 0 spiro atoms. The first-order valence-electron chi connectivity index (χ1n) is 10.3. The minimum absolute atomic E-state index is 0.276. The molecule has 0 aliphatic rings. The van der Waals surface area contributed by atoms with Gasteiger partial charge in [0.1, 0.15) is 16.3 Å². The highest BCUT2D eigenvalue weighted by atomic mass is 35.5. The summed E-state index contributed by atoms with van der Waals surface area (Å²) in [6.45, 7) is 0. The molecule has 2 heterocycles. The molecule has 0 atom stereocenters. The number of nitrogens with one attached hydrogen (secondary N) is 1. The molecular weight excluding hydrogens is 470 g/mol. The number of carbonyl (C=O) groups excluding carboxylic acids is 2. The SMILES string of the molecule is O=C(N/N=C/c1ccc(OC(=O)c2sc3ccccc3c2Cl)cc1)c1ccc2ccccc2n1. The number of para-hydroxylation sites is 1. The van der Waals surface area contributed by atoms with E-state index in [1.165, 1.54) is 17.6 Å². The van der Waals surface area contributed by atoms with E-state index in [9.17, 15) is 9.59 Å². The predicted octanol–water partition coefficient (Wildman–Crippen LogP) is 6.09. The average molecular weight is 486 g/mol. The number of hydrogen-bond acceptors (Lipinski definition) is 6. The smallest absolute Gasteiger partial charge is 0.355 e. The lowest BCUT2D eigenvalue weighted by Gasteiger charge is -2.04. The summed E-state index contributed by atoms with van der Waals surface area (Å²) in [5.41, 5.74) is 4.20. The van der Waals surface area contributed by atoms with Gasteiger partial charge in [0, 0.05) is 15.5 Å². The Morgan fingerprint density at radius 3 is 2.53 bits per heavy atom. The van der Waals surface area contributed by atoms with Crippen LogP contribution in [0.3, 0.4) is 0 Å². The first kappa shape index (κ1) is 21.8. The van der Waals surface area contributed by atoms with E-state index in [0.29, 0.717) is 21.2 Å². The van der Waals surface area contributed by atoms with Crippen LogP contribution in [-0.4, -0.2) is 23.1 Å². The zero-order chi connectivity index (χ0) is 23.5. The fourth-order valence-electron chi connectivity index (χ4n) is 3.34. The Morgan fingerprint density at radius 2 is 1.71 bits per heavy atom. The number of amides is 1. The zero-order valence-electron chi connectivity index (χ0n) is 17.6. The molecule has 0 aliphatic carbocycles. The Kier molecular flexibility index (Phi) is 6.03. The van der Waals surface area contributed by atoms with Gasteiger partial charge in [-0.3, -0.25) is 4.79 Å². The van der Waals surface area contributed by atoms with Gasteiger partial charge in [-0.15, -0.1) is 11.3 Å². The molecule has 3 aromatic carbocycles. The van der Waals surface area contributed by atoms with E-state index in [1.807, 2.05) is 54.6 Å². The Morgan fingerprint density at radius 1 is 0.941 bits per heavy atom. The Bertz CT molecular complexity index is 1560. The van der Waals surface area contributed by atoms with Gasteiger partial charge in [-0.25, -0.2) is 15.2 Å². The van der Waals surface area contributed by atoms with E-state index < -0.39 is 11.9 Å². The molecule has 34 heavy (non-hydrogen) atoms. The number of rotatable bonds is 5. The third kappa shape index (κ3) is 4.52. The minimum atomic E-state index is -0.511. The van der Waals surface area contributed by atoms with Crippen LogP contribution in [0.25, 0.3) is 21.0 Å². The van der Waals surface area contributed by atoms with Gasteiger partial charge in [0.15, 0.2) is 0 Å². The van der Waals surface area contributed by atoms with E-state index in [-0.39, 0.29) is 5.69 Å². The first-order valence-corrected chi connectivity index (χ1v) is 11.5. The highest BCUT2D eigenvalue weighted by Crippen LogP contribution is 2.35. The number of benzene rings is 3. The summed E-state index contributed by atoms with van der Waals surface area (Å²) in [5.74, 6) is -0.546. The van der Waals surface area contributed by atoms with Crippen LogP contribution < -0.4 is 10.2 Å². The Balaban J connectivity index is 1.21. The van der Waals surface area contributed by atoms with Crippen LogP contribution in [0.5, 0.6) is 5.75 Å². The van der Waals surface area contributed by atoms with E-state index in [2.05, 4.69) is 15.5 Å². The lowest BCUT2D eigenvalue weighted by Crippen LogP contribution is -2.18. The average Bonchev–Trinajstić information content (AvgIpc) is 3.21. The van der Waals surface area contributed by atoms with Crippen molar-refractivity contribution in [3.8, 4) is 5.75 Å². The van der Waals surface area contributed by atoms with Crippen molar-refractivity contribution in [2.24, 2.45) is 5.10 Å². The van der Waals surface area contributed by atoms with Crippen LogP contribution in [-0.2, 0) is 0 Å². The number of esters is 1. The van der Waals surface area contributed by atoms with Crippen molar-refractivity contribution < 1.29 is 14.3 Å². The van der Waals surface area contributed by atoms with Crippen LogP contribution in [0.1, 0.15) is 25.7 Å². The van der Waals surface area contributed by atoms with E-state index in [1.54, 1.807) is 30.3 Å². The minimum Gasteiger partial charge on any atom is -0.422 e. The zero-order valence-corrected chi connectivity index (χ0v) is 19.1. The van der Waals surface area contributed by atoms with Gasteiger partial charge in [0.2, 0.25) is 0 Å². The van der Waals surface area contributed by atoms with E-state index in [4.69, 9.17) is 16.3 Å². The molecule has 8 heteroatoms. The van der Waals surface area contributed by atoms with Gasteiger partial charge in [-0.2, -0.15) is 5.10 Å². The summed E-state index contributed by atoms with van der Waals surface area (Å²) < 4.78 is 6.39. The number of aromatic nitrogens is 1. The second-order valence-corrected chi connectivity index (χ2v) is 8.72. The number of halogens is 1. The molecule has 0 unspecified atom stereocenters. The molecule has 1 amide bonds. The number of fused-ring (bicyclic) bond motifs is 2. The standard InChI is InChI=1S/C26H16ClN3O3S/c27-23-19-6-2-4-8-22(19)34-24(23)26(32)33-18-12-9-16(10-13-18)15-28-30-25(31)21-14-11-17-5-1-3-7-20(17)29-21/h1-15H,(H,30,31)/b28-15+. The van der Waals surface area contributed by atoms with Crippen molar-refractivity contribution >= 4 is 62.0 Å². The maximum Gasteiger partial charge on any atom is 0.355 e. The maximum absolute atomic E-state index is 12.6. The Hall–Kier alpha value is -4.07. The van der Waals surface area contributed by atoms with Crippen molar-refractivity contribution in [3.05, 3.63) is 106 Å². The van der Waals surface area contributed by atoms with Gasteiger partial charge in [-0.1, -0.05) is 54.1 Å². The summed E-state index contributed by atoms with van der Waals surface area (Å²) >= 11 is 7.65. The van der Waals surface area contributed by atoms with Crippen molar-refractivity contribution in [1.29, 1.82) is 0 Å². The lowest BCUT2D eigenvalue weighted by molar-refractivity contribution is 0.0739. The third-order valence-electron chi connectivity index (χ3n) is 5.02. The molecule has 0 aliphatic heterocycles. The third-order valence-corrected chi connectivity index (χ3v) is 6.68. The van der Waals surface area contributed by atoms with Gasteiger partial charge < -0.3 is 4.74 Å². The number of carbonyl (C=O) groups is 2. The van der Waals surface area contributed by atoms with Crippen LogP contribution in [0.15, 0.2) is 90.0 Å². The van der Waals surface area contributed by atoms with Crippen LogP contribution in [0, 0.1) is 0 Å². The van der Waals surface area contributed by atoms with Crippen LogP contribution in [0.4, 0.5) is 0 Å². The molecule has 5 rings (SSSR count). The molecule has 166 valence electrons. The fourth-order valence-corrected chi connectivity index (χ4v) is 4.72. The van der Waals surface area contributed by atoms with E-state index >= 15 is 0 Å². The number of thiophene rings is 1. The number of pyridine rings is 1. The lowest BCUT2D eigenvalue weighted by atomic mass is 10.2. The molecule has 2 aromatic heterocycles. The van der Waals surface area contributed by atoms with Gasteiger partial charge >= 0.3 is 5.97 Å². The van der Waals surface area contributed by atoms with Crippen LogP contribution in [0.2, 0.25) is 5.02 Å². The maximum atomic E-state index is 12.6. The van der Waals surface area contributed by atoms with Crippen molar-refractivity contribution in [1.82, 2.24) is 10.4 Å². The summed E-state index contributed by atoms with van der Waals surface area (Å²) in [6.07, 6.45) is 1.49. The summed E-state index contributed by atoms with van der Waals surface area (Å²) in [5, 5.41) is 6.16. The largest absolute Gasteiger partial charge is 0.422 e. The molecule has 0 radical (unpaired) electrons. The topological polar surface area (TPSA) is 80.6 Å². The van der Waals surface area contributed by atoms with Crippen LogP contribution >= 0.6 is 22.9 Å². The molecule has 0 fully saturated rings. The monoisotopic (exact) mass is 485 g/mol. The van der Waals surface area contributed by atoms with E-state index in [0.717, 1.165) is 21.0 Å². The fraction of sp³-hybridized carbons (Fsp3) is 0. The molecular formula is C26H16ClN3O3S. The molecule has 5 aromatic rings.